The van der Waals surface area contributed by atoms with E-state index in [1.54, 1.807) is 0 Å². The first-order valence-corrected chi connectivity index (χ1v) is 5.14. The SMILES string of the molecule is Cc1cnn(C)c1C1(CN)CC1(C)C. The van der Waals surface area contributed by atoms with E-state index in [1.165, 1.54) is 17.7 Å². The Kier molecular flexibility index (Phi) is 1.80. The van der Waals surface area contributed by atoms with Crippen molar-refractivity contribution >= 4 is 0 Å². The lowest BCUT2D eigenvalue weighted by Gasteiger charge is -2.20. The molecule has 0 aliphatic heterocycles. The van der Waals surface area contributed by atoms with Crippen molar-refractivity contribution in [2.75, 3.05) is 6.54 Å². The van der Waals surface area contributed by atoms with Gasteiger partial charge in [0.25, 0.3) is 0 Å². The minimum absolute atomic E-state index is 0.169. The lowest BCUT2D eigenvalue weighted by atomic mass is 9.90. The Balaban J connectivity index is 2.50. The predicted octanol–water partition coefficient (Wildman–Crippen LogP) is 1.35. The lowest BCUT2D eigenvalue weighted by molar-refractivity contribution is 0.470. The molecular formula is C11H19N3. The van der Waals surface area contributed by atoms with Crippen molar-refractivity contribution in [2.45, 2.75) is 32.6 Å². The average Bonchev–Trinajstić information content (AvgIpc) is 2.49. The van der Waals surface area contributed by atoms with Crippen molar-refractivity contribution in [1.82, 2.24) is 9.78 Å². The summed E-state index contributed by atoms with van der Waals surface area (Å²) >= 11 is 0. The van der Waals surface area contributed by atoms with Gasteiger partial charge in [0.1, 0.15) is 0 Å². The van der Waals surface area contributed by atoms with E-state index in [0.29, 0.717) is 5.41 Å². The third-order valence-electron chi connectivity index (χ3n) is 3.84. The zero-order valence-corrected chi connectivity index (χ0v) is 9.46. The van der Waals surface area contributed by atoms with E-state index < -0.39 is 0 Å². The largest absolute Gasteiger partial charge is 0.330 e. The Hall–Kier alpha value is -0.830. The van der Waals surface area contributed by atoms with Crippen LogP contribution in [0.5, 0.6) is 0 Å². The summed E-state index contributed by atoms with van der Waals surface area (Å²) in [5.41, 5.74) is 9.03. The summed E-state index contributed by atoms with van der Waals surface area (Å²) in [4.78, 5) is 0. The van der Waals surface area contributed by atoms with Crippen molar-refractivity contribution in [1.29, 1.82) is 0 Å². The first-order chi connectivity index (χ1) is 6.44. The van der Waals surface area contributed by atoms with Crippen LogP contribution >= 0.6 is 0 Å². The fourth-order valence-electron chi connectivity index (χ4n) is 2.79. The molecular weight excluding hydrogens is 174 g/mol. The average molecular weight is 193 g/mol. The van der Waals surface area contributed by atoms with Crippen LogP contribution in [0.3, 0.4) is 0 Å². The Morgan fingerprint density at radius 2 is 2.14 bits per heavy atom. The van der Waals surface area contributed by atoms with E-state index in [1.807, 2.05) is 17.9 Å². The van der Waals surface area contributed by atoms with Gasteiger partial charge in [-0.2, -0.15) is 5.10 Å². The van der Waals surface area contributed by atoms with Crippen molar-refractivity contribution in [3.63, 3.8) is 0 Å². The van der Waals surface area contributed by atoms with Crippen LogP contribution < -0.4 is 5.73 Å². The highest BCUT2D eigenvalue weighted by Crippen LogP contribution is 2.63. The van der Waals surface area contributed by atoms with Gasteiger partial charge >= 0.3 is 0 Å². The summed E-state index contributed by atoms with van der Waals surface area (Å²) in [5, 5.41) is 4.30. The van der Waals surface area contributed by atoms with E-state index >= 15 is 0 Å². The molecule has 0 radical (unpaired) electrons. The van der Waals surface area contributed by atoms with Crippen molar-refractivity contribution < 1.29 is 0 Å². The van der Waals surface area contributed by atoms with Crippen LogP contribution in [0.15, 0.2) is 6.20 Å². The number of rotatable bonds is 2. The fraction of sp³-hybridized carbons (Fsp3) is 0.727. The second kappa shape index (κ2) is 2.60. The molecule has 1 heterocycles. The zero-order chi connectivity index (χ0) is 10.6. The molecule has 14 heavy (non-hydrogen) atoms. The van der Waals surface area contributed by atoms with Crippen LogP contribution in [-0.4, -0.2) is 16.3 Å². The number of aryl methyl sites for hydroxylation is 2. The smallest absolute Gasteiger partial charge is 0.0521 e. The fourth-order valence-corrected chi connectivity index (χ4v) is 2.79. The second-order valence-corrected chi connectivity index (χ2v) is 5.15. The molecule has 1 aliphatic rings. The number of nitrogens with zero attached hydrogens (tertiary/aromatic N) is 2. The minimum atomic E-state index is 0.169. The molecule has 1 aromatic rings. The standard InChI is InChI=1S/C11H19N3/c1-8-5-13-14(4)9(8)11(7-12)6-10(11,2)3/h5H,6-7,12H2,1-4H3. The van der Waals surface area contributed by atoms with E-state index in [4.69, 9.17) is 5.73 Å². The topological polar surface area (TPSA) is 43.8 Å². The summed E-state index contributed by atoms with van der Waals surface area (Å²) in [7, 11) is 2.01. The van der Waals surface area contributed by atoms with Gasteiger partial charge < -0.3 is 5.73 Å². The van der Waals surface area contributed by atoms with E-state index in [-0.39, 0.29) is 5.41 Å². The molecule has 3 nitrogen and oxygen atoms in total. The molecule has 1 saturated carbocycles. The third-order valence-corrected chi connectivity index (χ3v) is 3.84. The van der Waals surface area contributed by atoms with E-state index in [0.717, 1.165) is 6.54 Å². The highest BCUT2D eigenvalue weighted by molar-refractivity contribution is 5.37. The first-order valence-electron chi connectivity index (χ1n) is 5.14. The number of aromatic nitrogens is 2. The molecule has 78 valence electrons. The molecule has 0 saturated heterocycles. The summed E-state index contributed by atoms with van der Waals surface area (Å²) in [6.45, 7) is 7.41. The van der Waals surface area contributed by atoms with Crippen molar-refractivity contribution in [3.05, 3.63) is 17.5 Å². The van der Waals surface area contributed by atoms with Gasteiger partial charge in [0.05, 0.1) is 6.20 Å². The normalized spacial score (nSPS) is 29.2. The van der Waals surface area contributed by atoms with Crippen LogP contribution in [0.25, 0.3) is 0 Å². The monoisotopic (exact) mass is 193 g/mol. The number of nitrogens with two attached hydrogens (primary N) is 1. The van der Waals surface area contributed by atoms with Crippen molar-refractivity contribution in [2.24, 2.45) is 18.2 Å². The highest BCUT2D eigenvalue weighted by atomic mass is 15.3. The van der Waals surface area contributed by atoms with Gasteiger partial charge in [0, 0.05) is 24.7 Å². The molecule has 0 spiro atoms. The molecule has 2 rings (SSSR count). The summed E-state index contributed by atoms with van der Waals surface area (Å²) in [6, 6.07) is 0. The second-order valence-electron chi connectivity index (χ2n) is 5.15. The lowest BCUT2D eigenvalue weighted by Crippen LogP contribution is -2.28. The van der Waals surface area contributed by atoms with Gasteiger partial charge in [-0.15, -0.1) is 0 Å². The molecule has 1 unspecified atom stereocenters. The molecule has 3 heteroatoms. The molecule has 1 fully saturated rings. The third kappa shape index (κ3) is 0.989. The Bertz CT molecular complexity index is 345. The number of hydrogen-bond donors (Lipinski definition) is 1. The minimum Gasteiger partial charge on any atom is -0.330 e. The maximum atomic E-state index is 5.93. The molecule has 1 atom stereocenters. The van der Waals surface area contributed by atoms with Gasteiger partial charge in [-0.05, 0) is 24.3 Å². The van der Waals surface area contributed by atoms with Gasteiger partial charge in [-0.1, -0.05) is 13.8 Å². The van der Waals surface area contributed by atoms with E-state index in [9.17, 15) is 0 Å². The maximum absolute atomic E-state index is 5.93. The first kappa shape index (κ1) is 9.71. The number of hydrogen-bond acceptors (Lipinski definition) is 2. The molecule has 2 N–H and O–H groups in total. The maximum Gasteiger partial charge on any atom is 0.0521 e. The highest BCUT2D eigenvalue weighted by Gasteiger charge is 2.62. The molecule has 1 aromatic heterocycles. The van der Waals surface area contributed by atoms with Crippen molar-refractivity contribution in [3.8, 4) is 0 Å². The quantitative estimate of drug-likeness (QED) is 0.770. The van der Waals surface area contributed by atoms with E-state index in [2.05, 4.69) is 25.9 Å². The molecule has 0 bridgehead atoms. The van der Waals surface area contributed by atoms with Crippen LogP contribution in [0, 0.1) is 12.3 Å². The predicted molar refractivity (Wildman–Crippen MR) is 57.1 cm³/mol. The van der Waals surface area contributed by atoms with Gasteiger partial charge in [0.15, 0.2) is 0 Å². The van der Waals surface area contributed by atoms with Gasteiger partial charge in [-0.25, -0.2) is 0 Å². The van der Waals surface area contributed by atoms with Crippen LogP contribution in [0.2, 0.25) is 0 Å². The Morgan fingerprint density at radius 3 is 2.43 bits per heavy atom. The molecule has 1 aliphatic carbocycles. The Labute approximate surface area is 85.3 Å². The van der Waals surface area contributed by atoms with Crippen LogP contribution in [0.1, 0.15) is 31.5 Å². The van der Waals surface area contributed by atoms with Gasteiger partial charge in [-0.3, -0.25) is 4.68 Å². The summed E-state index contributed by atoms with van der Waals surface area (Å²) < 4.78 is 1.98. The van der Waals surface area contributed by atoms with Gasteiger partial charge in [0.2, 0.25) is 0 Å². The zero-order valence-electron chi connectivity index (χ0n) is 9.46. The van der Waals surface area contributed by atoms with Crippen LogP contribution in [-0.2, 0) is 12.5 Å². The molecule has 0 aromatic carbocycles. The summed E-state index contributed by atoms with van der Waals surface area (Å²) in [5.74, 6) is 0. The Morgan fingerprint density at radius 1 is 1.57 bits per heavy atom. The summed E-state index contributed by atoms with van der Waals surface area (Å²) in [6.07, 6.45) is 3.11. The van der Waals surface area contributed by atoms with Crippen LogP contribution in [0.4, 0.5) is 0 Å². The molecule has 0 amide bonds.